The maximum Gasteiger partial charge on any atom is 0.139 e. The first-order valence-electron chi connectivity index (χ1n) is 12.7. The molecule has 0 aliphatic heterocycles. The van der Waals surface area contributed by atoms with Crippen molar-refractivity contribution in [2.75, 3.05) is 0 Å². The van der Waals surface area contributed by atoms with Gasteiger partial charge in [0.25, 0.3) is 0 Å². The summed E-state index contributed by atoms with van der Waals surface area (Å²) in [5, 5.41) is 2.14. The van der Waals surface area contributed by atoms with Gasteiger partial charge in [0.2, 0.25) is 0 Å². The number of nitrogens with zero attached hydrogens (tertiary/aromatic N) is 3. The summed E-state index contributed by atoms with van der Waals surface area (Å²) in [5.41, 5.74) is 7.66. The predicted molar refractivity (Wildman–Crippen MR) is 148 cm³/mol. The maximum atomic E-state index is 14.4. The molecule has 4 nitrogen and oxygen atoms in total. The summed E-state index contributed by atoms with van der Waals surface area (Å²) in [5.74, 6) is -0.559. The summed E-state index contributed by atoms with van der Waals surface area (Å²) < 4.78 is 34.2. The van der Waals surface area contributed by atoms with E-state index in [9.17, 15) is 8.78 Å². The van der Waals surface area contributed by atoms with Crippen molar-refractivity contribution in [3.63, 3.8) is 0 Å². The third kappa shape index (κ3) is 4.34. The number of halogens is 2. The van der Waals surface area contributed by atoms with Crippen LogP contribution in [-0.4, -0.2) is 15.0 Å². The SMILES string of the molecule is Cc1ccnc(-c2[c-]ccc3c2oc2cnccc23)c1.Cc1cnc2c(c1F)C(C)(C)c1c-2[c-]cc(F)c1C.[Ir]. The van der Waals surface area contributed by atoms with E-state index in [4.69, 9.17) is 4.42 Å². The van der Waals surface area contributed by atoms with E-state index >= 15 is 0 Å². The van der Waals surface area contributed by atoms with E-state index in [1.165, 1.54) is 12.3 Å². The Morgan fingerprint density at radius 2 is 1.68 bits per heavy atom. The van der Waals surface area contributed by atoms with Crippen molar-refractivity contribution in [1.82, 2.24) is 15.0 Å². The zero-order valence-electron chi connectivity index (χ0n) is 22.6. The number of pyridine rings is 3. The molecule has 4 heterocycles. The summed E-state index contributed by atoms with van der Waals surface area (Å²) in [6.07, 6.45) is 6.84. The molecule has 1 aliphatic carbocycles. The van der Waals surface area contributed by atoms with Crippen LogP contribution in [0, 0.1) is 44.5 Å². The Hall–Kier alpha value is -3.80. The summed E-state index contributed by atoms with van der Waals surface area (Å²) in [7, 11) is 0. The van der Waals surface area contributed by atoms with Crippen molar-refractivity contribution in [3.05, 3.63) is 113 Å². The first-order chi connectivity index (χ1) is 18.7. The number of fused-ring (bicyclic) bond motifs is 6. The third-order valence-corrected chi connectivity index (χ3v) is 7.41. The zero-order valence-corrected chi connectivity index (χ0v) is 25.0. The van der Waals surface area contributed by atoms with Gasteiger partial charge in [-0.3, -0.25) is 9.37 Å². The van der Waals surface area contributed by atoms with Crippen LogP contribution in [0.3, 0.4) is 0 Å². The summed E-state index contributed by atoms with van der Waals surface area (Å²) >= 11 is 0. The number of furan rings is 1. The monoisotopic (exact) mass is 710 g/mol. The van der Waals surface area contributed by atoms with Crippen LogP contribution in [0.15, 0.2) is 65.6 Å². The van der Waals surface area contributed by atoms with E-state index < -0.39 is 5.41 Å². The second-order valence-corrected chi connectivity index (χ2v) is 10.4. The Labute approximate surface area is 244 Å². The van der Waals surface area contributed by atoms with Gasteiger partial charge >= 0.3 is 0 Å². The fourth-order valence-corrected chi connectivity index (χ4v) is 5.52. The number of aryl methyl sites for hydroxylation is 2. The molecule has 0 saturated carbocycles. The molecule has 6 aromatic rings. The van der Waals surface area contributed by atoms with Gasteiger partial charge in [-0.25, -0.2) is 4.39 Å². The Morgan fingerprint density at radius 3 is 2.45 bits per heavy atom. The molecule has 0 amide bonds. The molecular weight excluding hydrogens is 685 g/mol. The Balaban J connectivity index is 0.000000158. The zero-order chi connectivity index (χ0) is 27.5. The smallest absolute Gasteiger partial charge is 0.139 e. The average molecular weight is 710 g/mol. The molecule has 7 heteroatoms. The quantitative estimate of drug-likeness (QED) is 0.162. The molecule has 40 heavy (non-hydrogen) atoms. The number of hydrogen-bond donors (Lipinski definition) is 0. The number of rotatable bonds is 1. The van der Waals surface area contributed by atoms with Gasteiger partial charge in [0.15, 0.2) is 0 Å². The van der Waals surface area contributed by atoms with Gasteiger partial charge in [-0.15, -0.1) is 41.5 Å². The molecule has 0 saturated heterocycles. The van der Waals surface area contributed by atoms with E-state index in [1.54, 1.807) is 26.2 Å². The standard InChI is InChI=1S/C17H11N2O.C16H14F2N.Ir/c1-11-5-8-19-15(9-11)14-4-2-3-13-12-6-7-18-10-16(12)20-17(13)14;1-8-7-19-15-10-5-6-11(17)9(2)12(10)16(3,4)13(15)14(8)18;/h2-3,5-10H,1H3;6-7H,1-4H3;/q2*-1;. The molecule has 1 radical (unpaired) electrons. The summed E-state index contributed by atoms with van der Waals surface area (Å²) in [6.45, 7) is 9.28. The number of aromatic nitrogens is 3. The third-order valence-electron chi connectivity index (χ3n) is 7.41. The topological polar surface area (TPSA) is 51.8 Å². The van der Waals surface area contributed by atoms with E-state index in [0.717, 1.165) is 49.9 Å². The van der Waals surface area contributed by atoms with Gasteiger partial charge in [-0.1, -0.05) is 48.9 Å². The van der Waals surface area contributed by atoms with Crippen molar-refractivity contribution >= 4 is 21.9 Å². The molecule has 7 rings (SSSR count). The molecule has 0 fully saturated rings. The molecule has 4 aromatic heterocycles. The predicted octanol–water partition coefficient (Wildman–Crippen LogP) is 8.23. The maximum absolute atomic E-state index is 14.4. The van der Waals surface area contributed by atoms with E-state index in [1.807, 2.05) is 57.3 Å². The van der Waals surface area contributed by atoms with Crippen LogP contribution in [0.25, 0.3) is 44.5 Å². The minimum absolute atomic E-state index is 0. The van der Waals surface area contributed by atoms with Crippen LogP contribution < -0.4 is 0 Å². The van der Waals surface area contributed by atoms with Crippen LogP contribution in [0.5, 0.6) is 0 Å². The van der Waals surface area contributed by atoms with Crippen molar-refractivity contribution in [3.8, 4) is 22.5 Å². The Morgan fingerprint density at radius 1 is 0.875 bits per heavy atom. The molecule has 1 aliphatic rings. The van der Waals surface area contributed by atoms with Crippen LogP contribution in [0.4, 0.5) is 8.78 Å². The van der Waals surface area contributed by atoms with Crippen LogP contribution in [-0.2, 0) is 25.5 Å². The minimum Gasteiger partial charge on any atom is -0.499 e. The average Bonchev–Trinajstić information content (AvgIpc) is 3.41. The molecule has 0 spiro atoms. The minimum atomic E-state index is -0.587. The molecular formula is C33H25F2IrN3O-2. The molecule has 0 N–H and O–H groups in total. The molecule has 0 bridgehead atoms. The summed E-state index contributed by atoms with van der Waals surface area (Å²) in [4.78, 5) is 12.9. The van der Waals surface area contributed by atoms with Gasteiger partial charge < -0.3 is 14.4 Å². The largest absolute Gasteiger partial charge is 0.499 e. The Kier molecular flexibility index (Phi) is 7.15. The first kappa shape index (κ1) is 27.8. The molecule has 2 aromatic carbocycles. The van der Waals surface area contributed by atoms with Gasteiger partial charge in [-0.05, 0) is 48.3 Å². The van der Waals surface area contributed by atoms with Gasteiger partial charge in [0.1, 0.15) is 11.4 Å². The van der Waals surface area contributed by atoms with Crippen LogP contribution >= 0.6 is 0 Å². The van der Waals surface area contributed by atoms with Crippen molar-refractivity contribution < 1.29 is 33.3 Å². The van der Waals surface area contributed by atoms with Crippen molar-refractivity contribution in [2.24, 2.45) is 0 Å². The Bertz CT molecular complexity index is 1850. The number of benzene rings is 2. The van der Waals surface area contributed by atoms with Crippen LogP contribution in [0.1, 0.15) is 41.7 Å². The van der Waals surface area contributed by atoms with Crippen LogP contribution in [0.2, 0.25) is 0 Å². The fraction of sp³-hybridized carbons (Fsp3) is 0.182. The van der Waals surface area contributed by atoms with Gasteiger partial charge in [0.05, 0.1) is 11.8 Å². The van der Waals surface area contributed by atoms with Crippen molar-refractivity contribution in [2.45, 2.75) is 40.0 Å². The van der Waals surface area contributed by atoms with E-state index in [2.05, 4.69) is 27.1 Å². The van der Waals surface area contributed by atoms with E-state index in [0.29, 0.717) is 22.4 Å². The summed E-state index contributed by atoms with van der Waals surface area (Å²) in [6, 6.07) is 17.4. The van der Waals surface area contributed by atoms with E-state index in [-0.39, 0.29) is 31.7 Å². The van der Waals surface area contributed by atoms with Gasteiger partial charge in [-0.2, -0.15) is 0 Å². The molecule has 0 atom stereocenters. The normalized spacial score (nSPS) is 12.9. The molecule has 203 valence electrons. The second-order valence-electron chi connectivity index (χ2n) is 10.4. The first-order valence-corrected chi connectivity index (χ1v) is 12.7. The second kappa shape index (κ2) is 10.3. The van der Waals surface area contributed by atoms with Crippen molar-refractivity contribution in [1.29, 1.82) is 0 Å². The fourth-order valence-electron chi connectivity index (χ4n) is 5.52. The number of hydrogen-bond acceptors (Lipinski definition) is 4. The van der Waals surface area contributed by atoms with Gasteiger partial charge in [0, 0.05) is 55.5 Å². The molecule has 0 unspecified atom stereocenters.